The third-order valence-electron chi connectivity index (χ3n) is 2.74. The smallest absolute Gasteiger partial charge is 0.198 e. The molecule has 1 saturated heterocycles. The van der Waals surface area contributed by atoms with E-state index in [0.29, 0.717) is 13.2 Å². The Labute approximate surface area is 102 Å². The van der Waals surface area contributed by atoms with E-state index in [1.165, 1.54) is 25.7 Å². The van der Waals surface area contributed by atoms with Crippen LogP contribution in [0.4, 0.5) is 0 Å². The third-order valence-corrected chi connectivity index (χ3v) is 3.40. The Morgan fingerprint density at radius 2 is 1.67 bits per heavy atom. The molecule has 1 heterocycles. The van der Waals surface area contributed by atoms with Gasteiger partial charge in [0.2, 0.25) is 0 Å². The van der Waals surface area contributed by atoms with Crippen LogP contribution in [0.2, 0.25) is 0 Å². The molecule has 0 aromatic heterocycles. The molecule has 0 unspecified atom stereocenters. The van der Waals surface area contributed by atoms with Crippen molar-refractivity contribution in [2.24, 2.45) is 0 Å². The SMILES string of the molecule is CCCCCCCC1(C(Cl)Cl)OCCO1. The van der Waals surface area contributed by atoms with Gasteiger partial charge in [-0.15, -0.1) is 0 Å². The molecule has 90 valence electrons. The monoisotopic (exact) mass is 254 g/mol. The maximum Gasteiger partial charge on any atom is 0.198 e. The molecule has 0 aromatic rings. The zero-order valence-corrected chi connectivity index (χ0v) is 10.8. The quantitative estimate of drug-likeness (QED) is 0.507. The third kappa shape index (κ3) is 4.10. The largest absolute Gasteiger partial charge is 0.345 e. The van der Waals surface area contributed by atoms with Crippen LogP contribution in [0, 0.1) is 0 Å². The molecule has 0 amide bonds. The highest BCUT2D eigenvalue weighted by molar-refractivity contribution is 6.45. The zero-order chi connectivity index (χ0) is 11.1. The van der Waals surface area contributed by atoms with Crippen LogP contribution in [0.25, 0.3) is 0 Å². The number of unbranched alkanes of at least 4 members (excludes halogenated alkanes) is 4. The fourth-order valence-corrected chi connectivity index (χ4v) is 2.30. The molecule has 1 rings (SSSR count). The number of hydrogen-bond donors (Lipinski definition) is 0. The number of ether oxygens (including phenoxy) is 2. The van der Waals surface area contributed by atoms with Gasteiger partial charge >= 0.3 is 0 Å². The van der Waals surface area contributed by atoms with Crippen molar-refractivity contribution in [3.05, 3.63) is 0 Å². The van der Waals surface area contributed by atoms with E-state index in [1.807, 2.05) is 0 Å². The van der Waals surface area contributed by atoms with E-state index in [9.17, 15) is 0 Å². The van der Waals surface area contributed by atoms with Crippen molar-refractivity contribution in [1.29, 1.82) is 0 Å². The van der Waals surface area contributed by atoms with Crippen LogP contribution in [0.3, 0.4) is 0 Å². The molecule has 1 aliphatic rings. The van der Waals surface area contributed by atoms with Crippen LogP contribution < -0.4 is 0 Å². The topological polar surface area (TPSA) is 18.5 Å². The minimum atomic E-state index is -0.727. The maximum atomic E-state index is 5.90. The van der Waals surface area contributed by atoms with Crippen molar-refractivity contribution in [3.8, 4) is 0 Å². The summed E-state index contributed by atoms with van der Waals surface area (Å²) in [6.45, 7) is 3.41. The minimum Gasteiger partial charge on any atom is -0.345 e. The van der Waals surface area contributed by atoms with Gasteiger partial charge in [0.15, 0.2) is 10.6 Å². The summed E-state index contributed by atoms with van der Waals surface area (Å²) in [5.74, 6) is -0.727. The van der Waals surface area contributed by atoms with Crippen LogP contribution in [-0.2, 0) is 9.47 Å². The van der Waals surface area contributed by atoms with E-state index in [-0.39, 0.29) is 0 Å². The Hall–Kier alpha value is 0.500. The molecular formula is C11H20Cl2O2. The first kappa shape index (κ1) is 13.6. The summed E-state index contributed by atoms with van der Waals surface area (Å²) in [5, 5.41) is 0. The number of rotatable bonds is 7. The lowest BCUT2D eigenvalue weighted by Gasteiger charge is -2.28. The van der Waals surface area contributed by atoms with Crippen LogP contribution in [0.1, 0.15) is 45.4 Å². The van der Waals surface area contributed by atoms with Gasteiger partial charge in [-0.25, -0.2) is 0 Å². The lowest BCUT2D eigenvalue weighted by atomic mass is 10.1. The van der Waals surface area contributed by atoms with Crippen LogP contribution in [0.5, 0.6) is 0 Å². The first-order valence-corrected chi connectivity index (χ1v) is 6.64. The lowest BCUT2D eigenvalue weighted by Crippen LogP contribution is -2.37. The van der Waals surface area contributed by atoms with Gasteiger partial charge in [-0.2, -0.15) is 0 Å². The van der Waals surface area contributed by atoms with Crippen LogP contribution in [-0.4, -0.2) is 23.8 Å². The van der Waals surface area contributed by atoms with Crippen molar-refractivity contribution < 1.29 is 9.47 Å². The summed E-state index contributed by atoms with van der Waals surface area (Å²) in [6, 6.07) is 0. The van der Waals surface area contributed by atoms with Crippen molar-refractivity contribution in [2.45, 2.75) is 56.1 Å². The predicted molar refractivity (Wildman–Crippen MR) is 63.5 cm³/mol. The maximum absolute atomic E-state index is 5.90. The molecule has 4 heteroatoms. The molecule has 0 N–H and O–H groups in total. The van der Waals surface area contributed by atoms with Gasteiger partial charge in [0.1, 0.15) is 0 Å². The van der Waals surface area contributed by atoms with Crippen molar-refractivity contribution in [3.63, 3.8) is 0 Å². The number of halogens is 2. The highest BCUT2D eigenvalue weighted by atomic mass is 35.5. The first-order valence-electron chi connectivity index (χ1n) is 5.77. The molecule has 0 radical (unpaired) electrons. The van der Waals surface area contributed by atoms with Crippen molar-refractivity contribution >= 4 is 23.2 Å². The molecule has 1 fully saturated rings. The Morgan fingerprint density at radius 1 is 1.07 bits per heavy atom. The standard InChI is InChI=1S/C11H20Cl2O2/c1-2-3-4-5-6-7-11(10(12)13)14-8-9-15-11/h10H,2-9H2,1H3. The van der Waals surface area contributed by atoms with Gasteiger partial charge in [0, 0.05) is 6.42 Å². The van der Waals surface area contributed by atoms with E-state index < -0.39 is 10.6 Å². The molecule has 15 heavy (non-hydrogen) atoms. The van der Waals surface area contributed by atoms with Gasteiger partial charge < -0.3 is 9.47 Å². The molecule has 0 aliphatic carbocycles. The second-order valence-corrected chi connectivity index (χ2v) is 5.07. The summed E-state index contributed by atoms with van der Waals surface area (Å²) in [6.07, 6.45) is 6.88. The van der Waals surface area contributed by atoms with Crippen LogP contribution >= 0.6 is 23.2 Å². The van der Waals surface area contributed by atoms with E-state index in [4.69, 9.17) is 32.7 Å². The number of hydrogen-bond acceptors (Lipinski definition) is 2. The molecule has 0 atom stereocenters. The fourth-order valence-electron chi connectivity index (χ4n) is 1.82. The zero-order valence-electron chi connectivity index (χ0n) is 9.31. The summed E-state index contributed by atoms with van der Waals surface area (Å²) < 4.78 is 11.0. The number of alkyl halides is 2. The van der Waals surface area contributed by atoms with E-state index >= 15 is 0 Å². The molecular weight excluding hydrogens is 235 g/mol. The normalized spacial score (nSPS) is 20.0. The predicted octanol–water partition coefficient (Wildman–Crippen LogP) is 3.89. The Balaban J connectivity index is 2.21. The minimum absolute atomic E-state index is 0.592. The Kier molecular flexibility index (Phi) is 6.28. The van der Waals surface area contributed by atoms with E-state index in [2.05, 4.69) is 6.92 Å². The summed E-state index contributed by atoms with van der Waals surface area (Å²) in [5.41, 5.74) is 0. The first-order chi connectivity index (χ1) is 7.21. The molecule has 2 nitrogen and oxygen atoms in total. The second kappa shape index (κ2) is 6.95. The average molecular weight is 255 g/mol. The Morgan fingerprint density at radius 3 is 2.20 bits per heavy atom. The van der Waals surface area contributed by atoms with E-state index in [1.54, 1.807) is 0 Å². The fraction of sp³-hybridized carbons (Fsp3) is 1.00. The van der Waals surface area contributed by atoms with Crippen LogP contribution in [0.15, 0.2) is 0 Å². The molecule has 0 saturated carbocycles. The average Bonchev–Trinajstić information content (AvgIpc) is 2.67. The highest BCUT2D eigenvalue weighted by Gasteiger charge is 2.42. The van der Waals surface area contributed by atoms with Crippen molar-refractivity contribution in [1.82, 2.24) is 0 Å². The highest BCUT2D eigenvalue weighted by Crippen LogP contribution is 2.34. The summed E-state index contributed by atoms with van der Waals surface area (Å²) >= 11 is 11.8. The van der Waals surface area contributed by atoms with Crippen molar-refractivity contribution in [2.75, 3.05) is 13.2 Å². The van der Waals surface area contributed by atoms with Gasteiger partial charge in [-0.05, 0) is 6.42 Å². The Bertz CT molecular complexity index is 168. The van der Waals surface area contributed by atoms with Gasteiger partial charge in [-0.3, -0.25) is 0 Å². The van der Waals surface area contributed by atoms with Gasteiger partial charge in [-0.1, -0.05) is 55.8 Å². The van der Waals surface area contributed by atoms with E-state index in [0.717, 1.165) is 12.8 Å². The lowest BCUT2D eigenvalue weighted by molar-refractivity contribution is -0.151. The van der Waals surface area contributed by atoms with Gasteiger partial charge in [0.25, 0.3) is 0 Å². The summed E-state index contributed by atoms with van der Waals surface area (Å²) in [4.78, 5) is -0.592. The molecule has 0 aromatic carbocycles. The molecule has 0 spiro atoms. The summed E-state index contributed by atoms with van der Waals surface area (Å²) in [7, 11) is 0. The van der Waals surface area contributed by atoms with Gasteiger partial charge in [0.05, 0.1) is 13.2 Å². The molecule has 1 aliphatic heterocycles. The second-order valence-electron chi connectivity index (χ2n) is 3.97. The molecule has 0 bridgehead atoms.